The summed E-state index contributed by atoms with van der Waals surface area (Å²) in [6.45, 7) is 0. The van der Waals surface area contributed by atoms with Crippen LogP contribution in [0.1, 0.15) is 0 Å². The quantitative estimate of drug-likeness (QED) is 0.392. The van der Waals surface area contributed by atoms with Crippen LogP contribution in [0.5, 0.6) is 0 Å². The third kappa shape index (κ3) is 8.85. The third-order valence-electron chi connectivity index (χ3n) is 0. The van der Waals surface area contributed by atoms with Crippen molar-refractivity contribution in [3.8, 4) is 0 Å². The van der Waals surface area contributed by atoms with Crippen molar-refractivity contribution in [2.75, 3.05) is 0 Å². The van der Waals surface area contributed by atoms with Crippen molar-refractivity contribution in [3.63, 3.8) is 0 Å². The topological polar surface area (TPSA) is 0 Å². The number of hydrogen-bond donors (Lipinski definition) is 0. The van der Waals surface area contributed by atoms with Crippen molar-refractivity contribution < 1.29 is 57.9 Å². The Morgan fingerprint density at radius 2 is 1.00 bits per heavy atom. The van der Waals surface area contributed by atoms with Crippen LogP contribution < -0.4 is 0 Å². The van der Waals surface area contributed by atoms with Crippen LogP contribution in [0, 0.1) is 40.8 Å². The molecule has 24 valence electrons. The molecule has 0 saturated heterocycles. The van der Waals surface area contributed by atoms with Gasteiger partial charge in [0.2, 0.25) is 0 Å². The Labute approximate surface area is 91.6 Å². The Kier molecular flexibility index (Phi) is 122. The summed E-state index contributed by atoms with van der Waals surface area (Å²) >= 11 is 0. The monoisotopic (exact) mass is 422 g/mol. The van der Waals surface area contributed by atoms with Crippen molar-refractivity contribution in [2.45, 2.75) is 0 Å². The van der Waals surface area contributed by atoms with Gasteiger partial charge in [0.15, 0.2) is 0 Å². The van der Waals surface area contributed by atoms with Gasteiger partial charge in [-0.3, -0.25) is 0 Å². The molecule has 0 aliphatic carbocycles. The zero-order valence-corrected chi connectivity index (χ0v) is 11.4. The Hall–Kier alpha value is 2.86. The normalized spacial score (nSPS) is 0. The van der Waals surface area contributed by atoms with Gasteiger partial charge < -0.3 is 0 Å². The molecule has 0 spiro atoms. The van der Waals surface area contributed by atoms with Gasteiger partial charge >= 0.3 is 27.3 Å². The summed E-state index contributed by atoms with van der Waals surface area (Å²) in [5.74, 6) is 0. The molecular weight excluding hydrogens is 418 g/mol. The Morgan fingerprint density at radius 1 is 1.00 bits per heavy atom. The second kappa shape index (κ2) is 16.9. The first-order valence-electron chi connectivity index (χ1n) is 0. The molecule has 0 bridgehead atoms. The van der Waals surface area contributed by atoms with E-state index in [4.69, 9.17) is 0 Å². The summed E-state index contributed by atoms with van der Waals surface area (Å²) in [7, 11) is 0. The molecule has 0 N–H and O–H groups in total. The van der Waals surface area contributed by atoms with E-state index in [1.807, 2.05) is 0 Å². The fourth-order valence-corrected chi connectivity index (χ4v) is 0. The molecule has 0 fully saturated rings. The van der Waals surface area contributed by atoms with E-state index in [1.165, 1.54) is 0 Å². The zero-order valence-electron chi connectivity index (χ0n) is 1.56. The minimum absolute atomic E-state index is 0. The second-order valence-electron chi connectivity index (χ2n) is 0. The fraction of sp³-hybridized carbons (Fsp3) is 0. The van der Waals surface area contributed by atoms with E-state index in [-0.39, 0.29) is 93.6 Å². The summed E-state index contributed by atoms with van der Waals surface area (Å²) < 4.78 is 0. The van der Waals surface area contributed by atoms with E-state index < -0.39 is 0 Å². The Balaban J connectivity index is 0. The molecule has 4 heteroatoms. The van der Waals surface area contributed by atoms with Gasteiger partial charge in [-0.25, -0.2) is 0 Å². The molecule has 0 amide bonds. The first-order valence-corrected chi connectivity index (χ1v) is 0. The van der Waals surface area contributed by atoms with Gasteiger partial charge in [0, 0.05) is 57.9 Å². The summed E-state index contributed by atoms with van der Waals surface area (Å²) in [4.78, 5) is 0. The van der Waals surface area contributed by atoms with E-state index in [9.17, 15) is 0 Å². The molecule has 0 aromatic heterocycles. The molecule has 0 atom stereocenters. The van der Waals surface area contributed by atoms with E-state index >= 15 is 0 Å². The molecule has 4 heavy (non-hydrogen) atoms. The summed E-state index contributed by atoms with van der Waals surface area (Å²) in [6.07, 6.45) is 0. The van der Waals surface area contributed by atoms with Gasteiger partial charge in [-0.05, 0) is 0 Å². The summed E-state index contributed by atoms with van der Waals surface area (Å²) in [5, 5.41) is 0. The van der Waals surface area contributed by atoms with Crippen molar-refractivity contribution in [2.24, 2.45) is 0 Å². The molecule has 0 unspecified atom stereocenters. The molecule has 0 rings (SSSR count). The Morgan fingerprint density at radius 3 is 1.00 bits per heavy atom. The van der Waals surface area contributed by atoms with Gasteiger partial charge in [-0.2, -0.15) is 0 Å². The van der Waals surface area contributed by atoms with Crippen LogP contribution >= 0.6 is 0 Å². The van der Waals surface area contributed by atoms with Gasteiger partial charge in [0.25, 0.3) is 0 Å². The zero-order chi connectivity index (χ0) is 0. The van der Waals surface area contributed by atoms with Gasteiger partial charge in [-0.15, -0.1) is 0 Å². The molecule has 0 aliphatic rings. The van der Waals surface area contributed by atoms with E-state index in [0.29, 0.717) is 0 Å². The van der Waals surface area contributed by atoms with E-state index in [1.54, 1.807) is 0 Å². The fourth-order valence-electron chi connectivity index (χ4n) is 0. The van der Waals surface area contributed by atoms with Gasteiger partial charge in [0.05, 0.1) is 8.41 Å². The summed E-state index contributed by atoms with van der Waals surface area (Å²) in [5.41, 5.74) is 0. The first kappa shape index (κ1) is 28.8. The average molecular weight is 423 g/mol. The minimum atomic E-state index is 0. The molecule has 0 heterocycles. The molecule has 0 nitrogen and oxygen atoms in total. The third-order valence-corrected chi connectivity index (χ3v) is 0. The predicted molar refractivity (Wildman–Crippen MR) is 18.5 cm³/mol. The standard InChI is InChI=1S/BH3.Fe.Nd.Pb.2H/h1H3;;;;;. The average Bonchev–Trinajstić information content (AvgIpc) is 0. The van der Waals surface area contributed by atoms with Crippen molar-refractivity contribution in [1.29, 1.82) is 0 Å². The molecule has 0 aromatic rings. The number of hydrogen-bond acceptors (Lipinski definition) is 0. The van der Waals surface area contributed by atoms with Crippen LogP contribution in [0.25, 0.3) is 0 Å². The molecular formula is H5BFeNdPb. The number of rotatable bonds is 0. The van der Waals surface area contributed by atoms with Crippen LogP contribution in [-0.2, 0) is 17.1 Å². The van der Waals surface area contributed by atoms with E-state index in [2.05, 4.69) is 0 Å². The van der Waals surface area contributed by atoms with Crippen molar-refractivity contribution in [1.82, 2.24) is 0 Å². The second-order valence-corrected chi connectivity index (χ2v) is 0. The first-order chi connectivity index (χ1) is 0. The van der Waals surface area contributed by atoms with Crippen LogP contribution in [-0.4, -0.2) is 35.7 Å². The summed E-state index contributed by atoms with van der Waals surface area (Å²) in [6, 6.07) is 0. The molecule has 2 radical (unpaired) electrons. The van der Waals surface area contributed by atoms with Crippen LogP contribution in [0.3, 0.4) is 0 Å². The van der Waals surface area contributed by atoms with E-state index in [0.717, 1.165) is 0 Å². The van der Waals surface area contributed by atoms with Crippen LogP contribution in [0.4, 0.5) is 0 Å². The maximum atomic E-state index is 0. The molecule has 0 aromatic carbocycles. The van der Waals surface area contributed by atoms with Gasteiger partial charge in [-0.1, -0.05) is 0 Å². The van der Waals surface area contributed by atoms with Crippen molar-refractivity contribution >= 4 is 35.7 Å². The van der Waals surface area contributed by atoms with Crippen LogP contribution in [0.2, 0.25) is 0 Å². The SMILES string of the molecule is B.[Fe].[Nd].[PbH2]. The predicted octanol–water partition coefficient (Wildman–Crippen LogP) is -2.10. The van der Waals surface area contributed by atoms with Crippen molar-refractivity contribution in [3.05, 3.63) is 0 Å². The maximum absolute atomic E-state index is 0. The van der Waals surface area contributed by atoms with Gasteiger partial charge in [0.1, 0.15) is 0 Å². The van der Waals surface area contributed by atoms with Crippen LogP contribution in [0.15, 0.2) is 0 Å². The molecule has 0 saturated carbocycles. The molecule has 0 aliphatic heterocycles. The Bertz CT molecular complexity index is 8.00.